The molecule has 1 aromatic carbocycles. The largest absolute Gasteiger partial charge is 0.489 e. The number of hydrogen-bond donors (Lipinski definition) is 1. The van der Waals surface area contributed by atoms with E-state index in [2.05, 4.69) is 17.3 Å². The first kappa shape index (κ1) is 15.9. The number of ether oxygens (including phenoxy) is 1. The summed E-state index contributed by atoms with van der Waals surface area (Å²) in [5.41, 5.74) is 3.21. The molecule has 1 unspecified atom stereocenters. The molecule has 0 aliphatic carbocycles. The van der Waals surface area contributed by atoms with Crippen LogP contribution < -0.4 is 10.1 Å². The SMILES string of the molecule is CCCn1nc(C)c(C(=O)NC2COc3c(Cl)cccc32)c1C. The van der Waals surface area contributed by atoms with E-state index in [1.807, 2.05) is 30.7 Å². The molecule has 122 valence electrons. The van der Waals surface area contributed by atoms with Crippen LogP contribution in [0.4, 0.5) is 0 Å². The Morgan fingerprint density at radius 3 is 3.00 bits per heavy atom. The second kappa shape index (κ2) is 6.24. The van der Waals surface area contributed by atoms with Gasteiger partial charge in [-0.25, -0.2) is 0 Å². The van der Waals surface area contributed by atoms with E-state index in [0.717, 1.165) is 29.9 Å². The van der Waals surface area contributed by atoms with Crippen molar-refractivity contribution in [3.05, 3.63) is 45.7 Å². The van der Waals surface area contributed by atoms with Crippen LogP contribution >= 0.6 is 11.6 Å². The highest BCUT2D eigenvalue weighted by Crippen LogP contribution is 2.38. The highest BCUT2D eigenvalue weighted by molar-refractivity contribution is 6.32. The third-order valence-corrected chi connectivity index (χ3v) is 4.41. The predicted molar refractivity (Wildman–Crippen MR) is 89.1 cm³/mol. The Labute approximate surface area is 140 Å². The molecule has 3 rings (SSSR count). The number of para-hydroxylation sites is 1. The van der Waals surface area contributed by atoms with Crippen molar-refractivity contribution in [1.29, 1.82) is 0 Å². The Kier molecular flexibility index (Phi) is 4.31. The molecular formula is C17H20ClN3O2. The van der Waals surface area contributed by atoms with Gasteiger partial charge in [0, 0.05) is 17.8 Å². The number of hydrogen-bond acceptors (Lipinski definition) is 3. The molecule has 0 fully saturated rings. The molecule has 1 aliphatic heterocycles. The van der Waals surface area contributed by atoms with Gasteiger partial charge in [-0.05, 0) is 26.3 Å². The fourth-order valence-electron chi connectivity index (χ4n) is 3.01. The Morgan fingerprint density at radius 1 is 1.48 bits per heavy atom. The molecule has 1 N–H and O–H groups in total. The first-order valence-electron chi connectivity index (χ1n) is 7.79. The van der Waals surface area contributed by atoms with E-state index in [4.69, 9.17) is 16.3 Å². The monoisotopic (exact) mass is 333 g/mol. The van der Waals surface area contributed by atoms with Crippen LogP contribution in [0.15, 0.2) is 18.2 Å². The van der Waals surface area contributed by atoms with Crippen LogP contribution in [-0.4, -0.2) is 22.3 Å². The lowest BCUT2D eigenvalue weighted by molar-refractivity contribution is 0.0929. The number of nitrogens with zero attached hydrogens (tertiary/aromatic N) is 2. The van der Waals surface area contributed by atoms with Crippen LogP contribution in [0.1, 0.15) is 46.7 Å². The van der Waals surface area contributed by atoms with Gasteiger partial charge in [0.1, 0.15) is 12.4 Å². The molecule has 5 nitrogen and oxygen atoms in total. The first-order chi connectivity index (χ1) is 11.0. The molecule has 1 aliphatic rings. The lowest BCUT2D eigenvalue weighted by Gasteiger charge is -2.12. The number of amides is 1. The summed E-state index contributed by atoms with van der Waals surface area (Å²) in [6.45, 7) is 7.09. The maximum Gasteiger partial charge on any atom is 0.255 e. The summed E-state index contributed by atoms with van der Waals surface area (Å²) in [7, 11) is 0. The van der Waals surface area contributed by atoms with Crippen molar-refractivity contribution in [2.75, 3.05) is 6.61 Å². The lowest BCUT2D eigenvalue weighted by atomic mass is 10.1. The molecule has 6 heteroatoms. The number of benzene rings is 1. The molecule has 0 radical (unpaired) electrons. The van der Waals surface area contributed by atoms with Crippen LogP contribution in [0.3, 0.4) is 0 Å². The molecular weight excluding hydrogens is 314 g/mol. The number of carbonyl (C=O) groups excluding carboxylic acids is 1. The third kappa shape index (κ3) is 2.81. The van der Waals surface area contributed by atoms with Gasteiger partial charge in [0.05, 0.1) is 22.3 Å². The van der Waals surface area contributed by atoms with Crippen molar-refractivity contribution in [2.45, 2.75) is 39.8 Å². The molecule has 1 aromatic heterocycles. The Balaban J connectivity index is 1.83. The molecule has 1 amide bonds. The van der Waals surface area contributed by atoms with E-state index in [-0.39, 0.29) is 11.9 Å². The topological polar surface area (TPSA) is 56.2 Å². The molecule has 0 saturated carbocycles. The zero-order valence-electron chi connectivity index (χ0n) is 13.5. The molecule has 0 spiro atoms. The summed E-state index contributed by atoms with van der Waals surface area (Å²) in [5, 5.41) is 8.07. The number of fused-ring (bicyclic) bond motifs is 1. The van der Waals surface area contributed by atoms with Gasteiger partial charge in [0.2, 0.25) is 0 Å². The van der Waals surface area contributed by atoms with Crippen LogP contribution in [0, 0.1) is 13.8 Å². The van der Waals surface area contributed by atoms with Gasteiger partial charge in [0.25, 0.3) is 5.91 Å². The van der Waals surface area contributed by atoms with E-state index in [9.17, 15) is 4.79 Å². The van der Waals surface area contributed by atoms with Crippen molar-refractivity contribution in [2.24, 2.45) is 0 Å². The maximum absolute atomic E-state index is 12.7. The summed E-state index contributed by atoms with van der Waals surface area (Å²) in [6, 6.07) is 5.39. The summed E-state index contributed by atoms with van der Waals surface area (Å²) in [4.78, 5) is 12.7. The normalized spacial score (nSPS) is 16.1. The minimum atomic E-state index is -0.190. The summed E-state index contributed by atoms with van der Waals surface area (Å²) in [6.07, 6.45) is 0.978. The summed E-state index contributed by atoms with van der Waals surface area (Å²) < 4.78 is 7.50. The molecule has 0 saturated heterocycles. The first-order valence-corrected chi connectivity index (χ1v) is 8.16. The molecule has 23 heavy (non-hydrogen) atoms. The van der Waals surface area contributed by atoms with Gasteiger partial charge < -0.3 is 10.1 Å². The Bertz CT molecular complexity index is 755. The van der Waals surface area contributed by atoms with Crippen LogP contribution in [-0.2, 0) is 6.54 Å². The fourth-order valence-corrected chi connectivity index (χ4v) is 3.25. The number of carbonyl (C=O) groups is 1. The van der Waals surface area contributed by atoms with Crippen molar-refractivity contribution < 1.29 is 9.53 Å². The molecule has 2 aromatic rings. The zero-order chi connectivity index (χ0) is 16.6. The van der Waals surface area contributed by atoms with Gasteiger partial charge >= 0.3 is 0 Å². The smallest absolute Gasteiger partial charge is 0.255 e. The quantitative estimate of drug-likeness (QED) is 0.932. The number of aromatic nitrogens is 2. The van der Waals surface area contributed by atoms with Gasteiger partial charge in [-0.2, -0.15) is 5.10 Å². The van der Waals surface area contributed by atoms with E-state index in [1.165, 1.54) is 0 Å². The van der Waals surface area contributed by atoms with E-state index in [0.29, 0.717) is 22.9 Å². The standard InChI is InChI=1S/C17H20ClN3O2/c1-4-8-21-11(3)15(10(2)20-21)17(22)19-14-9-23-16-12(14)6-5-7-13(16)18/h5-7,14H,4,8-9H2,1-3H3,(H,19,22). The molecule has 1 atom stereocenters. The average molecular weight is 334 g/mol. The minimum absolute atomic E-state index is 0.122. The number of aryl methyl sites for hydroxylation is 2. The Morgan fingerprint density at radius 2 is 2.26 bits per heavy atom. The predicted octanol–water partition coefficient (Wildman–Crippen LogP) is 3.43. The van der Waals surface area contributed by atoms with E-state index in [1.54, 1.807) is 6.07 Å². The zero-order valence-corrected chi connectivity index (χ0v) is 14.3. The van der Waals surface area contributed by atoms with Crippen molar-refractivity contribution >= 4 is 17.5 Å². The van der Waals surface area contributed by atoms with Crippen LogP contribution in [0.5, 0.6) is 5.75 Å². The second-order valence-electron chi connectivity index (χ2n) is 5.76. The number of rotatable bonds is 4. The minimum Gasteiger partial charge on any atom is -0.489 e. The highest BCUT2D eigenvalue weighted by Gasteiger charge is 2.29. The van der Waals surface area contributed by atoms with Gasteiger partial charge in [-0.1, -0.05) is 30.7 Å². The third-order valence-electron chi connectivity index (χ3n) is 4.12. The average Bonchev–Trinajstić information content (AvgIpc) is 3.03. The fraction of sp³-hybridized carbons (Fsp3) is 0.412. The Hall–Kier alpha value is -2.01. The summed E-state index contributed by atoms with van der Waals surface area (Å²) in [5.74, 6) is 0.540. The van der Waals surface area contributed by atoms with Crippen molar-refractivity contribution in [3.63, 3.8) is 0 Å². The van der Waals surface area contributed by atoms with E-state index < -0.39 is 0 Å². The van der Waals surface area contributed by atoms with Crippen molar-refractivity contribution in [1.82, 2.24) is 15.1 Å². The van der Waals surface area contributed by atoms with Gasteiger partial charge in [-0.15, -0.1) is 0 Å². The molecule has 0 bridgehead atoms. The van der Waals surface area contributed by atoms with Crippen molar-refractivity contribution in [3.8, 4) is 5.75 Å². The second-order valence-corrected chi connectivity index (χ2v) is 6.17. The van der Waals surface area contributed by atoms with Gasteiger partial charge in [-0.3, -0.25) is 9.48 Å². The highest BCUT2D eigenvalue weighted by atomic mass is 35.5. The maximum atomic E-state index is 12.7. The number of nitrogens with one attached hydrogen (secondary N) is 1. The molecule has 2 heterocycles. The van der Waals surface area contributed by atoms with Gasteiger partial charge in [0.15, 0.2) is 0 Å². The van der Waals surface area contributed by atoms with E-state index >= 15 is 0 Å². The van der Waals surface area contributed by atoms with Crippen LogP contribution in [0.25, 0.3) is 0 Å². The summed E-state index contributed by atoms with van der Waals surface area (Å²) >= 11 is 6.13. The lowest BCUT2D eigenvalue weighted by Crippen LogP contribution is -2.30. The van der Waals surface area contributed by atoms with Crippen LogP contribution in [0.2, 0.25) is 5.02 Å². The number of halogens is 1.